The molecule has 1 unspecified atom stereocenters. The van der Waals surface area contributed by atoms with E-state index in [9.17, 15) is 0 Å². The molecule has 0 radical (unpaired) electrons. The van der Waals surface area contributed by atoms with Gasteiger partial charge < -0.3 is 10.5 Å². The van der Waals surface area contributed by atoms with Gasteiger partial charge in [0.25, 0.3) is 0 Å². The van der Waals surface area contributed by atoms with E-state index in [4.69, 9.17) is 10.5 Å². The molecule has 1 aliphatic rings. The van der Waals surface area contributed by atoms with Crippen molar-refractivity contribution < 1.29 is 4.74 Å². The molecule has 0 saturated heterocycles. The summed E-state index contributed by atoms with van der Waals surface area (Å²) < 4.78 is 5.92. The van der Waals surface area contributed by atoms with Gasteiger partial charge in [0.15, 0.2) is 0 Å². The van der Waals surface area contributed by atoms with Crippen molar-refractivity contribution >= 4 is 0 Å². The van der Waals surface area contributed by atoms with Gasteiger partial charge in [0.2, 0.25) is 0 Å². The fraction of sp³-hybridized carbons (Fsp3) is 0.600. The first kappa shape index (κ1) is 12.4. The van der Waals surface area contributed by atoms with Crippen molar-refractivity contribution in [2.45, 2.75) is 45.6 Å². The molecule has 1 aliphatic carbocycles. The monoisotopic (exact) mass is 233 g/mol. The number of benzene rings is 1. The van der Waals surface area contributed by atoms with Crippen LogP contribution in [-0.2, 0) is 0 Å². The SMILES string of the molecule is Cc1ccc(C(C)C)c(OCC(N)C2CC2)c1. The number of ether oxygens (including phenoxy) is 1. The minimum atomic E-state index is 0.204. The zero-order valence-electron chi connectivity index (χ0n) is 11.1. The van der Waals surface area contributed by atoms with Crippen LogP contribution in [0.3, 0.4) is 0 Å². The average Bonchev–Trinajstić information content (AvgIpc) is 3.09. The first-order valence-corrected chi connectivity index (χ1v) is 6.57. The average molecular weight is 233 g/mol. The summed E-state index contributed by atoms with van der Waals surface area (Å²) in [4.78, 5) is 0. The Bertz CT molecular complexity index is 383. The van der Waals surface area contributed by atoms with Crippen LogP contribution in [0, 0.1) is 12.8 Å². The molecule has 0 aromatic heterocycles. The molecule has 2 nitrogen and oxygen atoms in total. The van der Waals surface area contributed by atoms with Crippen LogP contribution in [0.1, 0.15) is 43.7 Å². The number of nitrogens with two attached hydrogens (primary N) is 1. The number of aryl methyl sites for hydroxylation is 1. The summed E-state index contributed by atoms with van der Waals surface area (Å²) in [6, 6.07) is 6.63. The van der Waals surface area contributed by atoms with Crippen molar-refractivity contribution in [2.24, 2.45) is 11.7 Å². The topological polar surface area (TPSA) is 35.2 Å². The van der Waals surface area contributed by atoms with Gasteiger partial charge in [0.05, 0.1) is 0 Å². The minimum absolute atomic E-state index is 0.204. The Kier molecular flexibility index (Phi) is 3.72. The maximum absolute atomic E-state index is 6.07. The van der Waals surface area contributed by atoms with Gasteiger partial charge in [-0.05, 0) is 48.8 Å². The maximum Gasteiger partial charge on any atom is 0.123 e. The van der Waals surface area contributed by atoms with Crippen molar-refractivity contribution in [3.8, 4) is 5.75 Å². The lowest BCUT2D eigenvalue weighted by Gasteiger charge is -2.17. The number of rotatable bonds is 5. The molecule has 2 rings (SSSR count). The van der Waals surface area contributed by atoms with Gasteiger partial charge in [-0.15, -0.1) is 0 Å². The van der Waals surface area contributed by atoms with Gasteiger partial charge in [0, 0.05) is 6.04 Å². The maximum atomic E-state index is 6.07. The third-order valence-corrected chi connectivity index (χ3v) is 3.45. The van der Waals surface area contributed by atoms with Gasteiger partial charge in [-0.1, -0.05) is 26.0 Å². The van der Waals surface area contributed by atoms with Gasteiger partial charge in [-0.3, -0.25) is 0 Å². The van der Waals surface area contributed by atoms with E-state index in [2.05, 4.69) is 39.0 Å². The Balaban J connectivity index is 2.04. The molecule has 0 bridgehead atoms. The van der Waals surface area contributed by atoms with Gasteiger partial charge in [-0.2, -0.15) is 0 Å². The molecule has 0 spiro atoms. The molecular weight excluding hydrogens is 210 g/mol. The predicted molar refractivity (Wildman–Crippen MR) is 71.5 cm³/mol. The normalized spacial score (nSPS) is 17.2. The summed E-state index contributed by atoms with van der Waals surface area (Å²) in [5.41, 5.74) is 8.58. The summed E-state index contributed by atoms with van der Waals surface area (Å²) in [5, 5.41) is 0. The molecule has 1 fully saturated rings. The highest BCUT2D eigenvalue weighted by molar-refractivity contribution is 5.39. The van der Waals surface area contributed by atoms with Crippen molar-refractivity contribution in [3.63, 3.8) is 0 Å². The lowest BCUT2D eigenvalue weighted by Crippen LogP contribution is -2.30. The molecule has 17 heavy (non-hydrogen) atoms. The minimum Gasteiger partial charge on any atom is -0.492 e. The summed E-state index contributed by atoms with van der Waals surface area (Å²) in [6.45, 7) is 7.13. The molecule has 1 aromatic rings. The van der Waals surface area contributed by atoms with Gasteiger partial charge >= 0.3 is 0 Å². The van der Waals surface area contributed by atoms with E-state index in [1.807, 2.05) is 0 Å². The molecule has 0 amide bonds. The van der Waals surface area contributed by atoms with Crippen molar-refractivity contribution in [2.75, 3.05) is 6.61 Å². The molecule has 2 heteroatoms. The first-order chi connectivity index (χ1) is 8.08. The highest BCUT2D eigenvalue weighted by atomic mass is 16.5. The van der Waals surface area contributed by atoms with Crippen LogP contribution in [0.25, 0.3) is 0 Å². The second kappa shape index (κ2) is 5.09. The second-order valence-corrected chi connectivity index (χ2v) is 5.51. The van der Waals surface area contributed by atoms with E-state index < -0.39 is 0 Å². The van der Waals surface area contributed by atoms with Crippen LogP contribution >= 0.6 is 0 Å². The molecule has 94 valence electrons. The quantitative estimate of drug-likeness (QED) is 0.847. The van der Waals surface area contributed by atoms with Crippen molar-refractivity contribution in [1.82, 2.24) is 0 Å². The van der Waals surface area contributed by atoms with Crippen LogP contribution in [0.4, 0.5) is 0 Å². The van der Waals surface area contributed by atoms with Crippen LogP contribution in [0.2, 0.25) is 0 Å². The second-order valence-electron chi connectivity index (χ2n) is 5.51. The zero-order valence-corrected chi connectivity index (χ0v) is 11.1. The first-order valence-electron chi connectivity index (χ1n) is 6.57. The highest BCUT2D eigenvalue weighted by Crippen LogP contribution is 2.33. The predicted octanol–water partition coefficient (Wildman–Crippen LogP) is 3.23. The molecule has 1 aromatic carbocycles. The molecule has 2 N–H and O–H groups in total. The smallest absolute Gasteiger partial charge is 0.123 e. The van der Waals surface area contributed by atoms with Crippen LogP contribution in [0.15, 0.2) is 18.2 Å². The molecule has 1 atom stereocenters. The van der Waals surface area contributed by atoms with Crippen LogP contribution < -0.4 is 10.5 Å². The van der Waals surface area contributed by atoms with Crippen molar-refractivity contribution in [1.29, 1.82) is 0 Å². The summed E-state index contributed by atoms with van der Waals surface area (Å²) in [6.07, 6.45) is 2.55. The van der Waals surface area contributed by atoms with E-state index in [1.54, 1.807) is 0 Å². The lowest BCUT2D eigenvalue weighted by molar-refractivity contribution is 0.272. The van der Waals surface area contributed by atoms with E-state index in [-0.39, 0.29) is 6.04 Å². The Labute approximate surface area is 104 Å². The Morgan fingerprint density at radius 3 is 2.65 bits per heavy atom. The number of hydrogen-bond acceptors (Lipinski definition) is 2. The molecule has 0 heterocycles. The molecule has 0 aliphatic heterocycles. The fourth-order valence-electron chi connectivity index (χ4n) is 2.09. The Hall–Kier alpha value is -1.02. The van der Waals surface area contributed by atoms with E-state index in [0.717, 1.165) is 5.75 Å². The summed E-state index contributed by atoms with van der Waals surface area (Å²) in [5.74, 6) is 2.20. The van der Waals surface area contributed by atoms with Crippen LogP contribution in [0.5, 0.6) is 5.75 Å². The highest BCUT2D eigenvalue weighted by Gasteiger charge is 2.28. The lowest BCUT2D eigenvalue weighted by atomic mass is 10.0. The van der Waals surface area contributed by atoms with E-state index in [0.29, 0.717) is 18.4 Å². The van der Waals surface area contributed by atoms with Crippen molar-refractivity contribution in [3.05, 3.63) is 29.3 Å². The standard InChI is InChI=1S/C15H23NO/c1-10(2)13-7-4-11(3)8-15(13)17-9-14(16)12-5-6-12/h4,7-8,10,12,14H,5-6,9,16H2,1-3H3. The largest absolute Gasteiger partial charge is 0.492 e. The van der Waals surface area contributed by atoms with Gasteiger partial charge in [0.1, 0.15) is 12.4 Å². The molecular formula is C15H23NO. The number of hydrogen-bond donors (Lipinski definition) is 1. The zero-order chi connectivity index (χ0) is 12.4. The molecule has 1 saturated carbocycles. The third kappa shape index (κ3) is 3.22. The summed E-state index contributed by atoms with van der Waals surface area (Å²) >= 11 is 0. The van der Waals surface area contributed by atoms with E-state index >= 15 is 0 Å². The Morgan fingerprint density at radius 1 is 1.35 bits per heavy atom. The fourth-order valence-corrected chi connectivity index (χ4v) is 2.09. The van der Waals surface area contributed by atoms with Gasteiger partial charge in [-0.25, -0.2) is 0 Å². The van der Waals surface area contributed by atoms with E-state index in [1.165, 1.54) is 24.0 Å². The van der Waals surface area contributed by atoms with Crippen LogP contribution in [-0.4, -0.2) is 12.6 Å². The Morgan fingerprint density at radius 2 is 2.06 bits per heavy atom. The summed E-state index contributed by atoms with van der Waals surface area (Å²) in [7, 11) is 0. The third-order valence-electron chi connectivity index (χ3n) is 3.45.